The van der Waals surface area contributed by atoms with Crippen LogP contribution in [-0.2, 0) is 5.41 Å². The second-order valence-corrected chi connectivity index (χ2v) is 17.7. The molecule has 0 bridgehead atoms. The zero-order chi connectivity index (χ0) is 49.6. The lowest BCUT2D eigenvalue weighted by molar-refractivity contribution is 0.515. The Morgan fingerprint density at radius 1 is 0.721 bits per heavy atom. The Labute approximate surface area is 414 Å². The minimum Gasteiger partial charge on any atom is -0.261 e. The molecule has 1 heterocycles. The van der Waals surface area contributed by atoms with E-state index in [4.69, 9.17) is 0 Å². The number of rotatable bonds is 14. The van der Waals surface area contributed by atoms with E-state index in [9.17, 15) is 0 Å². The molecular weight excluding hydrogens is 819 g/mol. The Kier molecular flexibility index (Phi) is 22.0. The van der Waals surface area contributed by atoms with Gasteiger partial charge in [0.1, 0.15) is 0 Å². The molecule has 1 heteroatoms. The highest BCUT2D eigenvalue weighted by molar-refractivity contribution is 5.84. The lowest BCUT2D eigenvalue weighted by atomic mass is 9.71. The first kappa shape index (κ1) is 54.3. The molecule has 4 aromatic carbocycles. The fourth-order valence-corrected chi connectivity index (χ4v) is 9.07. The molecule has 0 fully saturated rings. The topological polar surface area (TPSA) is 12.9 Å². The highest BCUT2D eigenvalue weighted by Crippen LogP contribution is 2.43. The van der Waals surface area contributed by atoms with Gasteiger partial charge in [0, 0.05) is 29.1 Å². The smallest absolute Gasteiger partial charge is 0.0469 e. The third-order valence-electron chi connectivity index (χ3n) is 13.1. The first-order chi connectivity index (χ1) is 33.0. The minimum atomic E-state index is -0.0634. The number of hydrogen-bond acceptors (Lipinski definition) is 1. The number of aryl methyl sites for hydroxylation is 2. The molecule has 7 rings (SSSR count). The van der Waals surface area contributed by atoms with Crippen molar-refractivity contribution in [3.05, 3.63) is 257 Å². The molecule has 2 aliphatic rings. The maximum atomic E-state index is 4.67. The second-order valence-electron chi connectivity index (χ2n) is 17.7. The zero-order valence-corrected chi connectivity index (χ0v) is 43.7. The summed E-state index contributed by atoms with van der Waals surface area (Å²) in [6.45, 7) is 34.3. The van der Waals surface area contributed by atoms with Crippen LogP contribution in [0.3, 0.4) is 0 Å². The van der Waals surface area contributed by atoms with E-state index in [1.165, 1.54) is 66.8 Å². The summed E-state index contributed by atoms with van der Waals surface area (Å²) in [5.41, 5.74) is 18.6. The van der Waals surface area contributed by atoms with Crippen LogP contribution in [0.1, 0.15) is 151 Å². The van der Waals surface area contributed by atoms with Gasteiger partial charge in [-0.15, -0.1) is 0 Å². The predicted octanol–water partition coefficient (Wildman–Crippen LogP) is 19.6. The normalized spacial score (nSPS) is 16.4. The van der Waals surface area contributed by atoms with Crippen molar-refractivity contribution >= 4 is 11.1 Å². The molecule has 2 aliphatic carbocycles. The summed E-state index contributed by atoms with van der Waals surface area (Å²) >= 11 is 0. The summed E-state index contributed by atoms with van der Waals surface area (Å²) < 4.78 is 0. The molecular formula is C67H81N. The van der Waals surface area contributed by atoms with E-state index in [1.807, 2.05) is 85.0 Å². The molecule has 1 aromatic heterocycles. The van der Waals surface area contributed by atoms with E-state index >= 15 is 0 Å². The number of benzene rings is 4. The summed E-state index contributed by atoms with van der Waals surface area (Å²) in [6, 6.07) is 40.3. The van der Waals surface area contributed by atoms with Gasteiger partial charge in [-0.25, -0.2) is 0 Å². The molecule has 0 spiro atoms. The maximum Gasteiger partial charge on any atom is 0.0469 e. The quantitative estimate of drug-likeness (QED) is 0.0799. The molecule has 0 saturated heterocycles. The van der Waals surface area contributed by atoms with Crippen molar-refractivity contribution in [2.75, 3.05) is 0 Å². The summed E-state index contributed by atoms with van der Waals surface area (Å²) in [4.78, 5) is 4.67. The van der Waals surface area contributed by atoms with Crippen LogP contribution >= 0.6 is 0 Å². The Balaban J connectivity index is 0.00000162. The highest BCUT2D eigenvalue weighted by atomic mass is 14.7. The Hall–Kier alpha value is -6.31. The number of nitrogens with zero attached hydrogens (tertiary/aromatic N) is 1. The molecule has 354 valence electrons. The van der Waals surface area contributed by atoms with Crippen LogP contribution in [0.2, 0.25) is 0 Å². The number of allylic oxidation sites excluding steroid dienone is 15. The van der Waals surface area contributed by atoms with Crippen LogP contribution in [0.5, 0.6) is 0 Å². The van der Waals surface area contributed by atoms with Crippen LogP contribution in [0, 0.1) is 19.8 Å². The Morgan fingerprint density at radius 3 is 2.03 bits per heavy atom. The zero-order valence-electron chi connectivity index (χ0n) is 43.7. The largest absolute Gasteiger partial charge is 0.261 e. The first-order valence-corrected chi connectivity index (χ1v) is 25.5. The van der Waals surface area contributed by atoms with Gasteiger partial charge in [-0.05, 0) is 143 Å². The Bertz CT molecular complexity index is 2600. The van der Waals surface area contributed by atoms with Crippen LogP contribution < -0.4 is 0 Å². The summed E-state index contributed by atoms with van der Waals surface area (Å²) in [5, 5.41) is 0. The lowest BCUT2D eigenvalue weighted by Gasteiger charge is -2.34. The number of aromatic nitrogens is 1. The van der Waals surface area contributed by atoms with Gasteiger partial charge in [-0.1, -0.05) is 239 Å². The first-order valence-electron chi connectivity index (χ1n) is 25.5. The van der Waals surface area contributed by atoms with Crippen LogP contribution in [-0.4, -0.2) is 4.98 Å². The monoisotopic (exact) mass is 900 g/mol. The van der Waals surface area contributed by atoms with E-state index in [1.54, 1.807) is 0 Å². The average molecular weight is 900 g/mol. The van der Waals surface area contributed by atoms with Crippen LogP contribution in [0.4, 0.5) is 0 Å². The molecule has 0 aliphatic heterocycles. The van der Waals surface area contributed by atoms with Gasteiger partial charge in [0.2, 0.25) is 0 Å². The summed E-state index contributed by atoms with van der Waals surface area (Å²) in [5.74, 6) is 0.949. The predicted molar refractivity (Wildman–Crippen MR) is 302 cm³/mol. The van der Waals surface area contributed by atoms with Crippen molar-refractivity contribution in [1.82, 2.24) is 4.98 Å². The lowest BCUT2D eigenvalue weighted by Crippen LogP contribution is -2.23. The van der Waals surface area contributed by atoms with Gasteiger partial charge in [-0.3, -0.25) is 4.98 Å². The fourth-order valence-electron chi connectivity index (χ4n) is 9.07. The SMILES string of the molecule is C=C(/C=C\C=C/C)C(=C)/C=C(\c1cc(C2CC=C(C(C)(C)c3ccc(-c4ccc(C)c(/C(=C\C(C)c5ccccn5)c5ccccc5)c4)cc3)CC2)ccc1C)C1C=CC=CC1.CC.CC.CC. The molecule has 5 aromatic rings. The van der Waals surface area contributed by atoms with Crippen molar-refractivity contribution in [1.29, 1.82) is 0 Å². The van der Waals surface area contributed by atoms with Crippen molar-refractivity contribution in [3.63, 3.8) is 0 Å². The average Bonchev–Trinajstić information content (AvgIpc) is 3.40. The van der Waals surface area contributed by atoms with Gasteiger partial charge >= 0.3 is 0 Å². The molecule has 0 amide bonds. The van der Waals surface area contributed by atoms with Gasteiger partial charge in [0.15, 0.2) is 0 Å². The number of pyridine rings is 1. The molecule has 0 radical (unpaired) electrons. The van der Waals surface area contributed by atoms with E-state index < -0.39 is 0 Å². The van der Waals surface area contributed by atoms with Gasteiger partial charge < -0.3 is 0 Å². The standard InChI is InChI=1S/C61H63N.3C2H6/c1-9-10-13-20-43(2)46(5)39-58(50-21-14-11-15-22-50)56-41-52(28-26-44(56)3)48-30-34-54(35-31-48)61(7,8)55-36-32-49(33-37-55)53-29-27-45(4)57(42-53)59(51-23-16-12-17-24-51)40-47(6)60-25-18-19-38-62-60;3*1-2/h9-21,23-29,32-34,36-42,47-48,50H,2,5,22,30-31,35H2,1,3-4,6-8H3;3*1-2H3/b10-9-,20-13-,58-39-,59-40-;;;. The van der Waals surface area contributed by atoms with E-state index in [0.29, 0.717) is 11.8 Å². The van der Waals surface area contributed by atoms with Gasteiger partial charge in [-0.2, -0.15) is 0 Å². The second kappa shape index (κ2) is 27.5. The van der Waals surface area contributed by atoms with Crippen molar-refractivity contribution in [3.8, 4) is 11.1 Å². The minimum absolute atomic E-state index is 0.0634. The molecule has 0 N–H and O–H groups in total. The fraction of sp³-hybridized carbons (Fsp3) is 0.299. The molecule has 1 nitrogen and oxygen atoms in total. The third-order valence-corrected chi connectivity index (χ3v) is 13.1. The van der Waals surface area contributed by atoms with Gasteiger partial charge in [0.05, 0.1) is 0 Å². The van der Waals surface area contributed by atoms with Crippen LogP contribution in [0.25, 0.3) is 22.3 Å². The molecule has 3 atom stereocenters. The van der Waals surface area contributed by atoms with Crippen LogP contribution in [0.15, 0.2) is 212 Å². The molecule has 0 saturated carbocycles. The molecule has 68 heavy (non-hydrogen) atoms. The number of hydrogen-bond donors (Lipinski definition) is 0. The summed E-state index contributed by atoms with van der Waals surface area (Å²) in [7, 11) is 0. The highest BCUT2D eigenvalue weighted by Gasteiger charge is 2.29. The van der Waals surface area contributed by atoms with Crippen molar-refractivity contribution in [2.45, 2.75) is 126 Å². The van der Waals surface area contributed by atoms with Crippen molar-refractivity contribution in [2.24, 2.45) is 5.92 Å². The third kappa shape index (κ3) is 14.1. The Morgan fingerprint density at radius 2 is 1.40 bits per heavy atom. The molecule has 3 unspecified atom stereocenters. The van der Waals surface area contributed by atoms with Crippen molar-refractivity contribution < 1.29 is 0 Å². The summed E-state index contributed by atoms with van der Waals surface area (Å²) in [6.07, 6.45) is 30.4. The van der Waals surface area contributed by atoms with E-state index in [2.05, 4.69) is 198 Å². The van der Waals surface area contributed by atoms with Gasteiger partial charge in [0.25, 0.3) is 0 Å². The van der Waals surface area contributed by atoms with E-state index in [-0.39, 0.29) is 11.3 Å². The van der Waals surface area contributed by atoms with E-state index in [0.717, 1.165) is 42.5 Å². The maximum absolute atomic E-state index is 4.67.